The first-order valence-corrected chi connectivity index (χ1v) is 2.06. The van der Waals surface area contributed by atoms with Crippen LogP contribution in [0.4, 0.5) is 0 Å². The molecule has 0 spiro atoms. The highest BCUT2D eigenvalue weighted by molar-refractivity contribution is 5.73. The van der Waals surface area contributed by atoms with Gasteiger partial charge in [0.1, 0.15) is 6.04 Å². The molecular formula is C4H6N2O2. The second-order valence-corrected chi connectivity index (χ2v) is 1.32. The van der Waals surface area contributed by atoms with E-state index in [0.717, 1.165) is 0 Å². The van der Waals surface area contributed by atoms with Crippen molar-refractivity contribution >= 4 is 5.97 Å². The van der Waals surface area contributed by atoms with Gasteiger partial charge in [0.15, 0.2) is 6.19 Å². The van der Waals surface area contributed by atoms with Gasteiger partial charge in [-0.1, -0.05) is 0 Å². The van der Waals surface area contributed by atoms with Crippen molar-refractivity contribution in [2.75, 3.05) is 0 Å². The number of carboxylic acids is 1. The van der Waals surface area contributed by atoms with Crippen LogP contribution in [-0.2, 0) is 4.79 Å². The van der Waals surface area contributed by atoms with E-state index in [-0.39, 0.29) is 0 Å². The molecule has 1 atom stereocenters. The fraction of sp³-hybridized carbons (Fsp3) is 0.500. The lowest BCUT2D eigenvalue weighted by Gasteiger charge is -1.98. The van der Waals surface area contributed by atoms with Gasteiger partial charge in [-0.15, -0.1) is 0 Å². The van der Waals surface area contributed by atoms with E-state index in [2.05, 4.69) is 5.32 Å². The molecule has 0 aliphatic heterocycles. The first-order chi connectivity index (χ1) is 3.68. The summed E-state index contributed by atoms with van der Waals surface area (Å²) in [4.78, 5) is 9.88. The zero-order chi connectivity index (χ0) is 6.57. The van der Waals surface area contributed by atoms with Crippen LogP contribution in [0.15, 0.2) is 0 Å². The molecular weight excluding hydrogens is 108 g/mol. The molecule has 0 saturated carbocycles. The van der Waals surface area contributed by atoms with E-state index in [1.807, 2.05) is 0 Å². The fourth-order valence-electron chi connectivity index (χ4n) is 0.159. The summed E-state index contributed by atoms with van der Waals surface area (Å²) < 4.78 is 0. The Labute approximate surface area is 46.7 Å². The van der Waals surface area contributed by atoms with Gasteiger partial charge < -0.3 is 10.4 Å². The van der Waals surface area contributed by atoms with Gasteiger partial charge in [-0.05, 0) is 6.92 Å². The highest BCUT2D eigenvalue weighted by Gasteiger charge is 2.06. The normalized spacial score (nSPS) is 11.5. The lowest BCUT2D eigenvalue weighted by Crippen LogP contribution is -2.29. The molecule has 0 unspecified atom stereocenters. The van der Waals surface area contributed by atoms with Gasteiger partial charge in [-0.25, -0.2) is 4.79 Å². The molecule has 4 nitrogen and oxygen atoms in total. The maximum atomic E-state index is 9.88. The number of rotatable bonds is 2. The maximum Gasteiger partial charge on any atom is 0.326 e. The van der Waals surface area contributed by atoms with E-state index in [1.165, 1.54) is 13.1 Å². The summed E-state index contributed by atoms with van der Waals surface area (Å²) in [5.41, 5.74) is 0. The Bertz CT molecular complexity index is 126. The van der Waals surface area contributed by atoms with Crippen LogP contribution in [0.25, 0.3) is 0 Å². The minimum atomic E-state index is -1.02. The molecule has 0 heterocycles. The molecule has 0 aromatic rings. The summed E-state index contributed by atoms with van der Waals surface area (Å²) in [6, 6.07) is -0.778. The van der Waals surface area contributed by atoms with Crippen molar-refractivity contribution in [3.8, 4) is 6.19 Å². The minimum absolute atomic E-state index is 0.778. The molecule has 44 valence electrons. The Hall–Kier alpha value is -1.24. The van der Waals surface area contributed by atoms with Crippen LogP contribution in [0.2, 0.25) is 0 Å². The van der Waals surface area contributed by atoms with Gasteiger partial charge >= 0.3 is 5.97 Å². The quantitative estimate of drug-likeness (QED) is 0.376. The second-order valence-electron chi connectivity index (χ2n) is 1.32. The predicted molar refractivity (Wildman–Crippen MR) is 25.8 cm³/mol. The lowest BCUT2D eigenvalue weighted by atomic mass is 10.4. The van der Waals surface area contributed by atoms with E-state index >= 15 is 0 Å². The van der Waals surface area contributed by atoms with Crippen molar-refractivity contribution in [2.24, 2.45) is 0 Å². The number of hydrogen-bond donors (Lipinski definition) is 2. The molecule has 2 N–H and O–H groups in total. The van der Waals surface area contributed by atoms with Crippen molar-refractivity contribution in [2.45, 2.75) is 13.0 Å². The largest absolute Gasteiger partial charge is 0.480 e. The summed E-state index contributed by atoms with van der Waals surface area (Å²) in [5, 5.41) is 18.0. The van der Waals surface area contributed by atoms with Gasteiger partial charge in [-0.2, -0.15) is 5.26 Å². The second kappa shape index (κ2) is 2.86. The molecule has 0 radical (unpaired) electrons. The highest BCUT2D eigenvalue weighted by atomic mass is 16.4. The Balaban J connectivity index is 3.52. The monoisotopic (exact) mass is 114 g/mol. The van der Waals surface area contributed by atoms with E-state index in [9.17, 15) is 4.79 Å². The number of nitrogens with one attached hydrogen (secondary N) is 1. The zero-order valence-electron chi connectivity index (χ0n) is 4.38. The topological polar surface area (TPSA) is 73.1 Å². The number of hydrogen-bond acceptors (Lipinski definition) is 3. The van der Waals surface area contributed by atoms with Crippen LogP contribution in [0.1, 0.15) is 6.92 Å². The number of carbonyl (C=O) groups is 1. The number of aliphatic carboxylic acids is 1. The van der Waals surface area contributed by atoms with Crippen molar-refractivity contribution in [1.29, 1.82) is 5.26 Å². The molecule has 0 amide bonds. The number of nitriles is 1. The Kier molecular flexibility index (Phi) is 2.41. The third-order valence-corrected chi connectivity index (χ3v) is 0.651. The van der Waals surface area contributed by atoms with Crippen LogP contribution in [0, 0.1) is 11.5 Å². The lowest BCUT2D eigenvalue weighted by molar-refractivity contribution is -0.138. The molecule has 0 aromatic carbocycles. The summed E-state index contributed by atoms with van der Waals surface area (Å²) in [6.07, 6.45) is 1.52. The summed E-state index contributed by atoms with van der Waals surface area (Å²) in [5.74, 6) is -1.02. The van der Waals surface area contributed by atoms with Gasteiger partial charge in [0.05, 0.1) is 0 Å². The van der Waals surface area contributed by atoms with Crippen molar-refractivity contribution in [3.63, 3.8) is 0 Å². The van der Waals surface area contributed by atoms with E-state index in [1.54, 1.807) is 0 Å². The molecule has 0 aliphatic carbocycles. The Morgan fingerprint density at radius 2 is 2.50 bits per heavy atom. The first-order valence-electron chi connectivity index (χ1n) is 2.06. The average molecular weight is 114 g/mol. The zero-order valence-corrected chi connectivity index (χ0v) is 4.38. The molecule has 0 bridgehead atoms. The first kappa shape index (κ1) is 6.76. The average Bonchev–Trinajstić information content (AvgIpc) is 1.67. The molecule has 0 saturated heterocycles. The SMILES string of the molecule is C[C@@H](NC#N)C(=O)O. The van der Waals surface area contributed by atoms with Crippen molar-refractivity contribution in [1.82, 2.24) is 5.32 Å². The smallest absolute Gasteiger partial charge is 0.326 e. The van der Waals surface area contributed by atoms with Crippen LogP contribution in [0.5, 0.6) is 0 Å². The van der Waals surface area contributed by atoms with Crippen LogP contribution in [-0.4, -0.2) is 17.1 Å². The Morgan fingerprint density at radius 3 is 2.62 bits per heavy atom. The highest BCUT2D eigenvalue weighted by Crippen LogP contribution is 1.75. The van der Waals surface area contributed by atoms with Gasteiger partial charge in [0, 0.05) is 0 Å². The van der Waals surface area contributed by atoms with Gasteiger partial charge in [-0.3, -0.25) is 0 Å². The number of carboxylic acid groups (broad SMARTS) is 1. The maximum absolute atomic E-state index is 9.88. The van der Waals surface area contributed by atoms with Gasteiger partial charge in [0.25, 0.3) is 0 Å². The molecule has 0 aliphatic rings. The molecule has 4 heteroatoms. The molecule has 0 rings (SSSR count). The Morgan fingerprint density at radius 1 is 2.00 bits per heavy atom. The van der Waals surface area contributed by atoms with Crippen molar-refractivity contribution < 1.29 is 9.90 Å². The predicted octanol–water partition coefficient (Wildman–Crippen LogP) is -0.470. The van der Waals surface area contributed by atoms with Crippen molar-refractivity contribution in [3.05, 3.63) is 0 Å². The third-order valence-electron chi connectivity index (χ3n) is 0.651. The summed E-state index contributed by atoms with van der Waals surface area (Å²) >= 11 is 0. The van der Waals surface area contributed by atoms with E-state index < -0.39 is 12.0 Å². The van der Waals surface area contributed by atoms with Gasteiger partial charge in [0.2, 0.25) is 0 Å². The minimum Gasteiger partial charge on any atom is -0.480 e. The van der Waals surface area contributed by atoms with Crippen LogP contribution in [0.3, 0.4) is 0 Å². The van der Waals surface area contributed by atoms with E-state index in [0.29, 0.717) is 0 Å². The van der Waals surface area contributed by atoms with Crippen LogP contribution < -0.4 is 5.32 Å². The molecule has 0 fully saturated rings. The fourth-order valence-corrected chi connectivity index (χ4v) is 0.159. The summed E-state index contributed by atoms with van der Waals surface area (Å²) in [7, 11) is 0. The molecule has 0 aromatic heterocycles. The van der Waals surface area contributed by atoms with E-state index in [4.69, 9.17) is 10.4 Å². The number of nitrogens with zero attached hydrogens (tertiary/aromatic N) is 1. The summed E-state index contributed by atoms with van der Waals surface area (Å²) in [6.45, 7) is 1.39. The van der Waals surface area contributed by atoms with Crippen LogP contribution >= 0.6 is 0 Å². The standard InChI is InChI=1S/C4H6N2O2/c1-3(4(7)8)6-2-5/h3,6H,1H3,(H,7,8)/t3-/m1/s1. The third kappa shape index (κ3) is 2.03. The molecule has 8 heavy (non-hydrogen) atoms.